The van der Waals surface area contributed by atoms with Crippen molar-refractivity contribution in [3.05, 3.63) is 17.5 Å². The first-order chi connectivity index (χ1) is 8.93. The Morgan fingerprint density at radius 3 is 2.63 bits per heavy atom. The van der Waals surface area contributed by atoms with Gasteiger partial charge in [-0.25, -0.2) is 8.42 Å². The predicted octanol–water partition coefficient (Wildman–Crippen LogP) is 0.991. The Morgan fingerprint density at radius 1 is 1.37 bits per heavy atom. The van der Waals surface area contributed by atoms with Gasteiger partial charge in [0.05, 0.1) is 0 Å². The van der Waals surface area contributed by atoms with E-state index in [9.17, 15) is 13.2 Å². The summed E-state index contributed by atoms with van der Waals surface area (Å²) in [7, 11) is -3.31. The third kappa shape index (κ3) is 2.09. The van der Waals surface area contributed by atoms with Gasteiger partial charge >= 0.3 is 0 Å². The molecule has 0 aromatic carbocycles. The average Bonchev–Trinajstić information content (AvgIpc) is 2.96. The van der Waals surface area contributed by atoms with Gasteiger partial charge in [-0.05, 0) is 17.9 Å². The standard InChI is InChI=1S/C12H16N2O3S2/c1-10(15)13-5-4-12(7-13)8-14(9-12)19(16,17)11-3-2-6-18-11/h2-3,6H,4-5,7-9H2,1H3. The first-order valence-electron chi connectivity index (χ1n) is 6.22. The molecule has 0 saturated carbocycles. The van der Waals surface area contributed by atoms with Crippen LogP contribution in [0.25, 0.3) is 0 Å². The second kappa shape index (κ2) is 4.29. The molecule has 0 radical (unpaired) electrons. The molecule has 2 saturated heterocycles. The van der Waals surface area contributed by atoms with Crippen molar-refractivity contribution in [1.29, 1.82) is 0 Å². The van der Waals surface area contributed by atoms with Crippen molar-refractivity contribution < 1.29 is 13.2 Å². The Labute approximate surface area is 116 Å². The van der Waals surface area contributed by atoms with Crippen molar-refractivity contribution in [2.75, 3.05) is 26.2 Å². The zero-order valence-electron chi connectivity index (χ0n) is 10.7. The number of amides is 1. The number of carbonyl (C=O) groups is 1. The molecule has 0 aliphatic carbocycles. The SMILES string of the molecule is CC(=O)N1CCC2(C1)CN(S(=O)(=O)c1cccs1)C2. The lowest BCUT2D eigenvalue weighted by atomic mass is 9.81. The highest BCUT2D eigenvalue weighted by atomic mass is 32.2. The molecule has 0 bridgehead atoms. The molecule has 0 atom stereocenters. The highest BCUT2D eigenvalue weighted by Gasteiger charge is 2.52. The van der Waals surface area contributed by atoms with Crippen molar-refractivity contribution in [2.24, 2.45) is 5.41 Å². The summed E-state index contributed by atoms with van der Waals surface area (Å²) in [6, 6.07) is 3.39. The molecule has 5 nitrogen and oxygen atoms in total. The van der Waals surface area contributed by atoms with Crippen LogP contribution in [0.15, 0.2) is 21.7 Å². The Balaban J connectivity index is 1.69. The molecule has 2 aliphatic heterocycles. The predicted molar refractivity (Wildman–Crippen MR) is 72.4 cm³/mol. The number of carbonyl (C=O) groups excluding carboxylic acids is 1. The molecule has 0 N–H and O–H groups in total. The molecular formula is C12H16N2O3S2. The van der Waals surface area contributed by atoms with Gasteiger partial charge in [-0.3, -0.25) is 4.79 Å². The molecule has 3 heterocycles. The first kappa shape index (κ1) is 13.1. The molecule has 0 unspecified atom stereocenters. The number of nitrogens with zero attached hydrogens (tertiary/aromatic N) is 2. The van der Waals surface area contributed by atoms with Crippen molar-refractivity contribution in [2.45, 2.75) is 17.6 Å². The second-order valence-corrected chi connectivity index (χ2v) is 8.51. The van der Waals surface area contributed by atoms with Crippen LogP contribution in [-0.4, -0.2) is 49.7 Å². The molecule has 1 amide bonds. The maximum atomic E-state index is 12.3. The highest BCUT2D eigenvalue weighted by Crippen LogP contribution is 2.42. The van der Waals surface area contributed by atoms with E-state index in [1.54, 1.807) is 24.4 Å². The second-order valence-electron chi connectivity index (χ2n) is 5.40. The van der Waals surface area contributed by atoms with Crippen molar-refractivity contribution in [3.8, 4) is 0 Å². The summed E-state index contributed by atoms with van der Waals surface area (Å²) in [6.45, 7) is 4.09. The summed E-state index contributed by atoms with van der Waals surface area (Å²) < 4.78 is 26.5. The van der Waals surface area contributed by atoms with E-state index in [4.69, 9.17) is 0 Å². The zero-order valence-corrected chi connectivity index (χ0v) is 12.3. The van der Waals surface area contributed by atoms with E-state index in [1.807, 2.05) is 4.90 Å². The largest absolute Gasteiger partial charge is 0.342 e. The number of hydrogen-bond acceptors (Lipinski definition) is 4. The maximum absolute atomic E-state index is 12.3. The van der Waals surface area contributed by atoms with Crippen LogP contribution in [-0.2, 0) is 14.8 Å². The molecule has 19 heavy (non-hydrogen) atoms. The van der Waals surface area contributed by atoms with Crippen LogP contribution in [0.3, 0.4) is 0 Å². The normalized spacial score (nSPS) is 22.7. The van der Waals surface area contributed by atoms with Crippen molar-refractivity contribution >= 4 is 27.3 Å². The number of likely N-dealkylation sites (tertiary alicyclic amines) is 1. The van der Waals surface area contributed by atoms with E-state index in [-0.39, 0.29) is 11.3 Å². The van der Waals surface area contributed by atoms with E-state index < -0.39 is 10.0 Å². The topological polar surface area (TPSA) is 57.7 Å². The summed E-state index contributed by atoms with van der Waals surface area (Å²) in [5.74, 6) is 0.0800. The molecule has 1 aromatic rings. The third-order valence-corrected chi connectivity index (χ3v) is 7.16. The van der Waals surface area contributed by atoms with Gasteiger partial charge in [0.2, 0.25) is 5.91 Å². The van der Waals surface area contributed by atoms with Crippen molar-refractivity contribution in [3.63, 3.8) is 0 Å². The maximum Gasteiger partial charge on any atom is 0.252 e. The Hall–Kier alpha value is -0.920. The van der Waals surface area contributed by atoms with E-state index in [2.05, 4.69) is 0 Å². The van der Waals surface area contributed by atoms with E-state index in [0.29, 0.717) is 23.8 Å². The molecule has 1 spiro atoms. The van der Waals surface area contributed by atoms with Gasteiger partial charge in [-0.1, -0.05) is 6.07 Å². The van der Waals surface area contributed by atoms with E-state index in [1.165, 1.54) is 15.6 Å². The van der Waals surface area contributed by atoms with Gasteiger partial charge < -0.3 is 4.90 Å². The van der Waals surface area contributed by atoms with Crippen LogP contribution >= 0.6 is 11.3 Å². The number of sulfonamides is 1. The van der Waals surface area contributed by atoms with Gasteiger partial charge in [0.25, 0.3) is 10.0 Å². The summed E-state index contributed by atoms with van der Waals surface area (Å²) in [5.41, 5.74) is -0.00397. The summed E-state index contributed by atoms with van der Waals surface area (Å²) >= 11 is 1.25. The smallest absolute Gasteiger partial charge is 0.252 e. The Kier molecular flexibility index (Phi) is 2.95. The molecule has 7 heteroatoms. The minimum absolute atomic E-state index is 0.00397. The van der Waals surface area contributed by atoms with Crippen LogP contribution in [0.1, 0.15) is 13.3 Å². The third-order valence-electron chi connectivity index (χ3n) is 4.00. The summed E-state index contributed by atoms with van der Waals surface area (Å²) in [5, 5.41) is 1.77. The van der Waals surface area contributed by atoms with Gasteiger partial charge in [0.15, 0.2) is 0 Å². The quantitative estimate of drug-likeness (QED) is 0.818. The number of hydrogen-bond donors (Lipinski definition) is 0. The highest BCUT2D eigenvalue weighted by molar-refractivity contribution is 7.91. The lowest BCUT2D eigenvalue weighted by molar-refractivity contribution is -0.128. The zero-order chi connectivity index (χ0) is 13.7. The average molecular weight is 300 g/mol. The molecule has 2 fully saturated rings. The van der Waals surface area contributed by atoms with Gasteiger partial charge in [-0.2, -0.15) is 4.31 Å². The lowest BCUT2D eigenvalue weighted by Gasteiger charge is -2.46. The van der Waals surface area contributed by atoms with Gasteiger partial charge in [0.1, 0.15) is 4.21 Å². The van der Waals surface area contributed by atoms with Crippen LogP contribution in [0.4, 0.5) is 0 Å². The number of thiophene rings is 1. The van der Waals surface area contributed by atoms with Crippen LogP contribution in [0.5, 0.6) is 0 Å². The Morgan fingerprint density at radius 2 is 2.11 bits per heavy atom. The number of rotatable bonds is 2. The van der Waals surface area contributed by atoms with Crippen molar-refractivity contribution in [1.82, 2.24) is 9.21 Å². The molecule has 1 aromatic heterocycles. The monoisotopic (exact) mass is 300 g/mol. The molecule has 2 aliphatic rings. The summed E-state index contributed by atoms with van der Waals surface area (Å²) in [6.07, 6.45) is 0.906. The van der Waals surface area contributed by atoms with Crippen LogP contribution in [0, 0.1) is 5.41 Å². The Bertz CT molecular complexity index is 589. The molecular weight excluding hydrogens is 284 g/mol. The van der Waals surface area contributed by atoms with Gasteiger partial charge in [-0.15, -0.1) is 11.3 Å². The minimum atomic E-state index is -3.31. The fourth-order valence-electron chi connectivity index (χ4n) is 2.87. The summed E-state index contributed by atoms with van der Waals surface area (Å²) in [4.78, 5) is 13.1. The van der Waals surface area contributed by atoms with Crippen LogP contribution < -0.4 is 0 Å². The molecule has 3 rings (SSSR count). The fraction of sp³-hybridized carbons (Fsp3) is 0.583. The molecule has 104 valence electrons. The van der Waals surface area contributed by atoms with Gasteiger partial charge in [0, 0.05) is 38.5 Å². The minimum Gasteiger partial charge on any atom is -0.342 e. The van der Waals surface area contributed by atoms with E-state index >= 15 is 0 Å². The van der Waals surface area contributed by atoms with Crippen LogP contribution in [0.2, 0.25) is 0 Å². The lowest BCUT2D eigenvalue weighted by Crippen LogP contribution is -2.59. The fourth-order valence-corrected chi connectivity index (χ4v) is 5.68. The van der Waals surface area contributed by atoms with E-state index in [0.717, 1.165) is 13.0 Å². The first-order valence-corrected chi connectivity index (χ1v) is 8.54.